The summed E-state index contributed by atoms with van der Waals surface area (Å²) in [6.45, 7) is 3.62. The summed E-state index contributed by atoms with van der Waals surface area (Å²) in [4.78, 5) is 16.7. The first-order valence-corrected chi connectivity index (χ1v) is 8.75. The summed E-state index contributed by atoms with van der Waals surface area (Å²) in [7, 11) is 0. The summed E-state index contributed by atoms with van der Waals surface area (Å²) in [5, 5.41) is 5.92. The Balaban J connectivity index is 1.38. The van der Waals surface area contributed by atoms with Gasteiger partial charge in [-0.2, -0.15) is 0 Å². The molecule has 1 saturated carbocycles. The molecule has 24 heavy (non-hydrogen) atoms. The predicted octanol–water partition coefficient (Wildman–Crippen LogP) is 3.64. The van der Waals surface area contributed by atoms with Crippen LogP contribution >= 0.6 is 0 Å². The molecule has 0 radical (unpaired) electrons. The largest absolute Gasteiger partial charge is 0.440 e. The number of ether oxygens (including phenoxy) is 1. The molecular formula is C18H23N3O3. The molecule has 6 nitrogen and oxygen atoms in total. The number of anilines is 1. The van der Waals surface area contributed by atoms with Gasteiger partial charge in [-0.15, -0.1) is 0 Å². The van der Waals surface area contributed by atoms with Crippen molar-refractivity contribution in [3.63, 3.8) is 0 Å². The summed E-state index contributed by atoms with van der Waals surface area (Å²) in [6, 6.07) is 5.54. The molecule has 2 aromatic rings. The highest BCUT2D eigenvalue weighted by Crippen LogP contribution is 2.40. The van der Waals surface area contributed by atoms with Gasteiger partial charge in [-0.25, -0.2) is 9.78 Å². The Morgan fingerprint density at radius 2 is 2.04 bits per heavy atom. The molecule has 6 heteroatoms. The molecule has 1 unspecified atom stereocenters. The topological polar surface area (TPSA) is 76.4 Å². The normalized spacial score (nSPS) is 20.0. The molecule has 1 aromatic carbocycles. The number of benzene rings is 1. The van der Waals surface area contributed by atoms with Gasteiger partial charge in [-0.1, -0.05) is 0 Å². The van der Waals surface area contributed by atoms with Crippen molar-refractivity contribution < 1.29 is 13.9 Å². The van der Waals surface area contributed by atoms with Crippen LogP contribution in [0.3, 0.4) is 0 Å². The first-order chi connectivity index (χ1) is 11.7. The van der Waals surface area contributed by atoms with Gasteiger partial charge in [0.15, 0.2) is 11.5 Å². The first-order valence-electron chi connectivity index (χ1n) is 8.75. The third-order valence-corrected chi connectivity index (χ3v) is 4.92. The minimum atomic E-state index is -0.185. The Hall–Kier alpha value is -2.08. The van der Waals surface area contributed by atoms with Gasteiger partial charge in [0.1, 0.15) is 5.52 Å². The highest BCUT2D eigenvalue weighted by Gasteiger charge is 2.29. The highest BCUT2D eigenvalue weighted by molar-refractivity contribution is 5.91. The lowest BCUT2D eigenvalue weighted by Gasteiger charge is -2.28. The third kappa shape index (κ3) is 3.38. The van der Waals surface area contributed by atoms with Crippen molar-refractivity contribution >= 4 is 22.8 Å². The second kappa shape index (κ2) is 6.43. The lowest BCUT2D eigenvalue weighted by molar-refractivity contribution is 0.0573. The maximum atomic E-state index is 12.2. The van der Waals surface area contributed by atoms with Crippen molar-refractivity contribution in [2.45, 2.75) is 44.6 Å². The lowest BCUT2D eigenvalue weighted by atomic mass is 9.93. The Kier molecular flexibility index (Phi) is 4.14. The van der Waals surface area contributed by atoms with Crippen LogP contribution in [0.15, 0.2) is 22.6 Å². The second-order valence-electron chi connectivity index (χ2n) is 6.85. The quantitative estimate of drug-likeness (QED) is 0.898. The number of hydrogen-bond donors (Lipinski definition) is 2. The average Bonchev–Trinajstić information content (AvgIpc) is 3.35. The van der Waals surface area contributed by atoms with Crippen molar-refractivity contribution in [2.75, 3.05) is 18.5 Å². The van der Waals surface area contributed by atoms with E-state index < -0.39 is 0 Å². The van der Waals surface area contributed by atoms with E-state index >= 15 is 0 Å². The van der Waals surface area contributed by atoms with Gasteiger partial charge >= 0.3 is 6.03 Å². The molecule has 2 amide bonds. The maximum Gasteiger partial charge on any atom is 0.319 e. The Labute approximate surface area is 141 Å². The molecule has 1 aromatic heterocycles. The zero-order valence-electron chi connectivity index (χ0n) is 13.9. The lowest BCUT2D eigenvalue weighted by Crippen LogP contribution is -2.42. The monoisotopic (exact) mass is 329 g/mol. The summed E-state index contributed by atoms with van der Waals surface area (Å²) in [6.07, 6.45) is 4.31. The van der Waals surface area contributed by atoms with E-state index in [2.05, 4.69) is 22.5 Å². The van der Waals surface area contributed by atoms with Crippen LogP contribution < -0.4 is 10.6 Å². The van der Waals surface area contributed by atoms with Gasteiger partial charge in [0.05, 0.1) is 0 Å². The van der Waals surface area contributed by atoms with Gasteiger partial charge in [-0.05, 0) is 50.7 Å². The third-order valence-electron chi connectivity index (χ3n) is 4.92. The van der Waals surface area contributed by atoms with Crippen molar-refractivity contribution in [1.82, 2.24) is 10.3 Å². The Morgan fingerprint density at radius 1 is 1.25 bits per heavy atom. The molecule has 2 fully saturated rings. The maximum absolute atomic E-state index is 12.2. The number of nitrogens with zero attached hydrogens (tertiary/aromatic N) is 1. The summed E-state index contributed by atoms with van der Waals surface area (Å²) < 4.78 is 11.2. The van der Waals surface area contributed by atoms with E-state index in [1.165, 1.54) is 0 Å². The summed E-state index contributed by atoms with van der Waals surface area (Å²) in [5.74, 6) is 1.78. The molecule has 1 saturated heterocycles. The second-order valence-corrected chi connectivity index (χ2v) is 6.85. The van der Waals surface area contributed by atoms with Gasteiger partial charge in [0, 0.05) is 36.9 Å². The number of oxazole rings is 1. The van der Waals surface area contributed by atoms with Crippen LogP contribution in [0, 0.1) is 5.92 Å². The summed E-state index contributed by atoms with van der Waals surface area (Å²) >= 11 is 0. The van der Waals surface area contributed by atoms with Crippen LogP contribution in [-0.2, 0) is 4.74 Å². The fourth-order valence-electron chi connectivity index (χ4n) is 3.23. The molecule has 4 rings (SSSR count). The SMILES string of the molecule is CC(NC(=O)Nc1ccc2nc(C3CC3)oc2c1)C1CCOCC1. The number of amides is 2. The van der Waals surface area contributed by atoms with E-state index in [0.717, 1.165) is 61.6 Å². The van der Waals surface area contributed by atoms with Crippen LogP contribution in [0.5, 0.6) is 0 Å². The average molecular weight is 329 g/mol. The van der Waals surface area contributed by atoms with Crippen LogP contribution in [0.1, 0.15) is 44.4 Å². The minimum Gasteiger partial charge on any atom is -0.440 e. The standard InChI is InChI=1S/C18H23N3O3/c1-11(12-6-8-23-9-7-12)19-18(22)20-14-4-5-15-16(10-14)24-17(21-15)13-2-3-13/h4-5,10-13H,2-3,6-9H2,1H3,(H2,19,20,22). The van der Waals surface area contributed by atoms with E-state index in [4.69, 9.17) is 9.15 Å². The zero-order valence-corrected chi connectivity index (χ0v) is 13.9. The molecule has 0 bridgehead atoms. The van der Waals surface area contributed by atoms with E-state index in [9.17, 15) is 4.79 Å². The molecule has 1 aliphatic heterocycles. The molecule has 128 valence electrons. The minimum absolute atomic E-state index is 0.129. The van der Waals surface area contributed by atoms with Crippen LogP contribution in [0.4, 0.5) is 10.5 Å². The van der Waals surface area contributed by atoms with Crippen molar-refractivity contribution in [1.29, 1.82) is 0 Å². The molecular weight excluding hydrogens is 306 g/mol. The van der Waals surface area contributed by atoms with Crippen molar-refractivity contribution in [2.24, 2.45) is 5.92 Å². The number of rotatable bonds is 4. The number of urea groups is 1. The van der Waals surface area contributed by atoms with Crippen LogP contribution in [0.2, 0.25) is 0 Å². The Bertz CT molecular complexity index is 732. The number of aromatic nitrogens is 1. The molecule has 0 spiro atoms. The van der Waals surface area contributed by atoms with Crippen molar-refractivity contribution in [3.05, 3.63) is 24.1 Å². The van der Waals surface area contributed by atoms with Gasteiger partial charge < -0.3 is 19.8 Å². The smallest absolute Gasteiger partial charge is 0.319 e. The molecule has 2 N–H and O–H groups in total. The number of carbonyl (C=O) groups excluding carboxylic acids is 1. The van der Waals surface area contributed by atoms with Crippen LogP contribution in [0.25, 0.3) is 11.1 Å². The highest BCUT2D eigenvalue weighted by atomic mass is 16.5. The van der Waals surface area contributed by atoms with Gasteiger partial charge in [-0.3, -0.25) is 0 Å². The number of hydrogen-bond acceptors (Lipinski definition) is 4. The zero-order chi connectivity index (χ0) is 16.5. The number of carbonyl (C=O) groups is 1. The molecule has 1 aliphatic carbocycles. The van der Waals surface area contributed by atoms with E-state index in [0.29, 0.717) is 11.8 Å². The molecule has 1 atom stereocenters. The molecule has 2 heterocycles. The number of fused-ring (bicyclic) bond motifs is 1. The number of nitrogens with one attached hydrogen (secondary N) is 2. The van der Waals surface area contributed by atoms with Crippen molar-refractivity contribution in [3.8, 4) is 0 Å². The van der Waals surface area contributed by atoms with E-state index in [1.807, 2.05) is 18.2 Å². The van der Waals surface area contributed by atoms with E-state index in [-0.39, 0.29) is 12.1 Å². The van der Waals surface area contributed by atoms with Crippen LogP contribution in [-0.4, -0.2) is 30.3 Å². The fourth-order valence-corrected chi connectivity index (χ4v) is 3.23. The Morgan fingerprint density at radius 3 is 2.79 bits per heavy atom. The van der Waals surface area contributed by atoms with Gasteiger partial charge in [0.25, 0.3) is 0 Å². The molecule has 2 aliphatic rings. The summed E-state index contributed by atoms with van der Waals surface area (Å²) in [5.41, 5.74) is 2.29. The van der Waals surface area contributed by atoms with E-state index in [1.54, 1.807) is 0 Å². The first kappa shape index (κ1) is 15.4. The predicted molar refractivity (Wildman–Crippen MR) is 91.1 cm³/mol. The van der Waals surface area contributed by atoms with Gasteiger partial charge in [0.2, 0.25) is 0 Å². The fraction of sp³-hybridized carbons (Fsp3) is 0.556.